The standard InChI is InChI=1S/C61H38N2O/c1-2-14-39(15-3-1)40-28-32-42(33-29-40)62(43-34-30-41(31-35-43)45-19-12-21-50-48-18-6-11-27-58(48)64-60(45)50)44-36-37-53-51(38-44)46-16-4-7-22-52(46)61(53)54-23-8-10-26-57(54)63-56-25-9-5-17-47(56)49-20-13-24-55(61)59(49)63/h1-38H. The van der Waals surface area contributed by atoms with Gasteiger partial charge in [-0.1, -0.05) is 176 Å². The number of aromatic nitrogens is 1. The minimum Gasteiger partial charge on any atom is -0.455 e. The molecule has 298 valence electrons. The van der Waals surface area contributed by atoms with E-state index in [4.69, 9.17) is 4.42 Å². The number of para-hydroxylation sites is 5. The molecule has 12 aromatic rings. The molecular formula is C61H38N2O. The van der Waals surface area contributed by atoms with Crippen molar-refractivity contribution in [1.29, 1.82) is 0 Å². The van der Waals surface area contributed by atoms with E-state index in [9.17, 15) is 0 Å². The quantitative estimate of drug-likeness (QED) is 0.173. The summed E-state index contributed by atoms with van der Waals surface area (Å²) in [5, 5.41) is 4.83. The molecule has 1 unspecified atom stereocenters. The van der Waals surface area contributed by atoms with E-state index in [0.717, 1.165) is 50.1 Å². The molecule has 3 nitrogen and oxygen atoms in total. The van der Waals surface area contributed by atoms with Crippen LogP contribution in [0.25, 0.3) is 82.8 Å². The minimum absolute atomic E-state index is 0.508. The first-order valence-electron chi connectivity index (χ1n) is 22.1. The summed E-state index contributed by atoms with van der Waals surface area (Å²) >= 11 is 0. The Morgan fingerprint density at radius 2 is 0.938 bits per heavy atom. The summed E-state index contributed by atoms with van der Waals surface area (Å²) in [5.41, 5.74) is 20.7. The van der Waals surface area contributed by atoms with Crippen molar-refractivity contribution in [2.45, 2.75) is 5.41 Å². The maximum Gasteiger partial charge on any atom is 0.143 e. The molecule has 1 aliphatic carbocycles. The van der Waals surface area contributed by atoms with Crippen molar-refractivity contribution in [3.63, 3.8) is 0 Å². The second kappa shape index (κ2) is 13.3. The van der Waals surface area contributed by atoms with Crippen molar-refractivity contribution in [2.75, 3.05) is 4.90 Å². The molecule has 0 amide bonds. The van der Waals surface area contributed by atoms with Crippen LogP contribution in [0.1, 0.15) is 22.3 Å². The zero-order chi connectivity index (χ0) is 41.9. The van der Waals surface area contributed by atoms with E-state index in [1.807, 2.05) is 12.1 Å². The lowest BCUT2D eigenvalue weighted by Crippen LogP contribution is -2.33. The number of anilines is 3. The summed E-state index contributed by atoms with van der Waals surface area (Å²) in [6.07, 6.45) is 0. The van der Waals surface area contributed by atoms with Crippen LogP contribution >= 0.6 is 0 Å². The lowest BCUT2D eigenvalue weighted by Gasteiger charge is -2.39. The van der Waals surface area contributed by atoms with Gasteiger partial charge in [0.05, 0.1) is 22.1 Å². The molecule has 3 heterocycles. The van der Waals surface area contributed by atoms with E-state index in [2.05, 4.69) is 228 Å². The van der Waals surface area contributed by atoms with Gasteiger partial charge < -0.3 is 13.9 Å². The fourth-order valence-corrected chi connectivity index (χ4v) is 11.3. The lowest BCUT2D eigenvalue weighted by atomic mass is 9.65. The van der Waals surface area contributed by atoms with Crippen LogP contribution in [0.4, 0.5) is 17.1 Å². The van der Waals surface area contributed by atoms with Gasteiger partial charge in [-0.25, -0.2) is 0 Å². The zero-order valence-corrected chi connectivity index (χ0v) is 34.7. The molecule has 1 spiro atoms. The predicted molar refractivity (Wildman–Crippen MR) is 264 cm³/mol. The molecule has 0 saturated carbocycles. The van der Waals surface area contributed by atoms with Crippen molar-refractivity contribution in [3.05, 3.63) is 253 Å². The van der Waals surface area contributed by atoms with E-state index in [1.54, 1.807) is 0 Å². The van der Waals surface area contributed by atoms with Crippen LogP contribution in [0.2, 0.25) is 0 Å². The molecule has 0 fully saturated rings. The summed E-state index contributed by atoms with van der Waals surface area (Å²) in [4.78, 5) is 2.40. The van der Waals surface area contributed by atoms with Gasteiger partial charge in [-0.2, -0.15) is 0 Å². The second-order valence-electron chi connectivity index (χ2n) is 17.2. The molecule has 1 aliphatic heterocycles. The topological polar surface area (TPSA) is 21.3 Å². The highest BCUT2D eigenvalue weighted by atomic mass is 16.3. The van der Waals surface area contributed by atoms with E-state index < -0.39 is 5.41 Å². The molecule has 10 aromatic carbocycles. The Bertz CT molecular complexity index is 3840. The summed E-state index contributed by atoms with van der Waals surface area (Å²) in [7, 11) is 0. The van der Waals surface area contributed by atoms with Crippen LogP contribution in [0.3, 0.4) is 0 Å². The lowest BCUT2D eigenvalue weighted by molar-refractivity contribution is 0.670. The SMILES string of the molecule is c1ccc(-c2ccc(N(c3ccc(-c4cccc5c4oc4ccccc45)cc3)c3ccc4c(c3)-c3ccccc3C43c4ccccc4-n4c5ccccc5c5cccc3c54)cc2)cc1. The largest absolute Gasteiger partial charge is 0.455 e. The van der Waals surface area contributed by atoms with Crippen molar-refractivity contribution in [3.8, 4) is 39.1 Å². The number of hydrogen-bond acceptors (Lipinski definition) is 2. The third-order valence-electron chi connectivity index (χ3n) is 14.0. The van der Waals surface area contributed by atoms with Crippen LogP contribution in [0.15, 0.2) is 235 Å². The molecule has 2 aliphatic rings. The predicted octanol–water partition coefficient (Wildman–Crippen LogP) is 16.2. The third-order valence-corrected chi connectivity index (χ3v) is 14.0. The zero-order valence-electron chi connectivity index (χ0n) is 34.7. The second-order valence-corrected chi connectivity index (χ2v) is 17.2. The Labute approximate surface area is 370 Å². The van der Waals surface area contributed by atoms with Crippen molar-refractivity contribution in [2.24, 2.45) is 0 Å². The maximum atomic E-state index is 6.48. The normalized spacial score (nSPS) is 14.6. The van der Waals surface area contributed by atoms with Gasteiger partial charge in [-0.05, 0) is 105 Å². The van der Waals surface area contributed by atoms with E-state index in [1.165, 1.54) is 72.0 Å². The molecule has 64 heavy (non-hydrogen) atoms. The molecule has 0 bridgehead atoms. The average molecular weight is 815 g/mol. The van der Waals surface area contributed by atoms with Crippen LogP contribution < -0.4 is 4.90 Å². The molecule has 14 rings (SSSR count). The van der Waals surface area contributed by atoms with Gasteiger partial charge in [-0.15, -0.1) is 0 Å². The van der Waals surface area contributed by atoms with Crippen LogP contribution in [-0.2, 0) is 5.41 Å². The molecule has 1 atom stereocenters. The first kappa shape index (κ1) is 35.2. The first-order valence-corrected chi connectivity index (χ1v) is 22.1. The summed E-state index contributed by atoms with van der Waals surface area (Å²) in [6.45, 7) is 0. The fraction of sp³-hybridized carbons (Fsp3) is 0.0164. The molecule has 3 heteroatoms. The summed E-state index contributed by atoms with van der Waals surface area (Å²) in [6, 6.07) is 84.5. The van der Waals surface area contributed by atoms with Gasteiger partial charge in [-0.3, -0.25) is 0 Å². The van der Waals surface area contributed by atoms with Gasteiger partial charge in [0.25, 0.3) is 0 Å². The molecular weight excluding hydrogens is 777 g/mol. The Balaban J connectivity index is 0.971. The highest BCUT2D eigenvalue weighted by Gasteiger charge is 2.50. The number of fused-ring (bicyclic) bond motifs is 15. The maximum absolute atomic E-state index is 6.48. The Morgan fingerprint density at radius 1 is 0.359 bits per heavy atom. The van der Waals surface area contributed by atoms with Crippen LogP contribution in [0, 0.1) is 0 Å². The fourth-order valence-electron chi connectivity index (χ4n) is 11.3. The number of benzene rings is 10. The smallest absolute Gasteiger partial charge is 0.143 e. The van der Waals surface area contributed by atoms with Crippen molar-refractivity contribution >= 4 is 60.8 Å². The Hall–Kier alpha value is -8.40. The number of rotatable bonds is 5. The number of nitrogens with zero attached hydrogens (tertiary/aromatic N) is 2. The van der Waals surface area contributed by atoms with Crippen LogP contribution in [0.5, 0.6) is 0 Å². The number of hydrogen-bond donors (Lipinski definition) is 0. The van der Waals surface area contributed by atoms with Crippen LogP contribution in [-0.4, -0.2) is 4.57 Å². The molecule has 0 saturated heterocycles. The highest BCUT2D eigenvalue weighted by Crippen LogP contribution is 2.61. The van der Waals surface area contributed by atoms with Gasteiger partial charge in [0.15, 0.2) is 0 Å². The molecule has 2 aromatic heterocycles. The summed E-state index contributed by atoms with van der Waals surface area (Å²) < 4.78 is 8.99. The monoisotopic (exact) mass is 814 g/mol. The van der Waals surface area contributed by atoms with Gasteiger partial charge in [0.1, 0.15) is 11.2 Å². The third kappa shape index (κ3) is 4.76. The Morgan fingerprint density at radius 3 is 1.78 bits per heavy atom. The van der Waals surface area contributed by atoms with E-state index in [0.29, 0.717) is 0 Å². The van der Waals surface area contributed by atoms with Crippen molar-refractivity contribution in [1.82, 2.24) is 4.57 Å². The number of furan rings is 1. The van der Waals surface area contributed by atoms with E-state index >= 15 is 0 Å². The Kier molecular flexibility index (Phi) is 7.32. The summed E-state index contributed by atoms with van der Waals surface area (Å²) in [5.74, 6) is 0. The van der Waals surface area contributed by atoms with Crippen molar-refractivity contribution < 1.29 is 4.42 Å². The first-order chi connectivity index (χ1) is 31.8. The highest BCUT2D eigenvalue weighted by molar-refractivity contribution is 6.13. The average Bonchev–Trinajstić information content (AvgIpc) is 4.01. The molecule has 0 radical (unpaired) electrons. The van der Waals surface area contributed by atoms with E-state index in [-0.39, 0.29) is 0 Å². The van der Waals surface area contributed by atoms with Gasteiger partial charge in [0, 0.05) is 44.2 Å². The minimum atomic E-state index is -0.508. The molecule has 0 N–H and O–H groups in total. The van der Waals surface area contributed by atoms with Gasteiger partial charge >= 0.3 is 0 Å². The van der Waals surface area contributed by atoms with Gasteiger partial charge in [0.2, 0.25) is 0 Å².